The summed E-state index contributed by atoms with van der Waals surface area (Å²) >= 11 is 0. The summed E-state index contributed by atoms with van der Waals surface area (Å²) in [5, 5.41) is 3.47. The van der Waals surface area contributed by atoms with Gasteiger partial charge in [0.2, 0.25) is 0 Å². The molecule has 4 heteroatoms. The lowest BCUT2D eigenvalue weighted by Gasteiger charge is -2.27. The van der Waals surface area contributed by atoms with Gasteiger partial charge in [0.15, 0.2) is 0 Å². The van der Waals surface area contributed by atoms with Crippen molar-refractivity contribution < 1.29 is 0 Å². The number of rotatable bonds is 4. The molecule has 0 spiro atoms. The van der Waals surface area contributed by atoms with Crippen LogP contribution >= 0.6 is 12.4 Å². The highest BCUT2D eigenvalue weighted by molar-refractivity contribution is 5.85. The first-order valence-electron chi connectivity index (χ1n) is 6.13. The maximum atomic E-state index is 4.04. The minimum atomic E-state index is 0. The molecule has 1 fully saturated rings. The number of hydrogen-bond acceptors (Lipinski definition) is 3. The number of nitrogens with zero attached hydrogens (tertiary/aromatic N) is 2. The van der Waals surface area contributed by atoms with E-state index in [2.05, 4.69) is 34.4 Å². The summed E-state index contributed by atoms with van der Waals surface area (Å²) < 4.78 is 0. The van der Waals surface area contributed by atoms with Gasteiger partial charge >= 0.3 is 0 Å². The van der Waals surface area contributed by atoms with E-state index in [9.17, 15) is 0 Å². The van der Waals surface area contributed by atoms with Crippen LogP contribution in [0.4, 0.5) is 0 Å². The molecular formula is C13H22ClN3. The normalized spacial score (nSPS) is 20.0. The predicted molar refractivity (Wildman–Crippen MR) is 73.4 cm³/mol. The second-order valence-corrected chi connectivity index (χ2v) is 4.76. The van der Waals surface area contributed by atoms with Crippen molar-refractivity contribution in [2.75, 3.05) is 26.7 Å². The van der Waals surface area contributed by atoms with Gasteiger partial charge in [-0.25, -0.2) is 0 Å². The van der Waals surface area contributed by atoms with Crippen molar-refractivity contribution in [3.05, 3.63) is 30.1 Å². The minimum absolute atomic E-state index is 0. The van der Waals surface area contributed by atoms with Gasteiger partial charge in [-0.15, -0.1) is 12.4 Å². The molecule has 17 heavy (non-hydrogen) atoms. The highest BCUT2D eigenvalue weighted by Crippen LogP contribution is 2.12. The molecule has 1 saturated heterocycles. The standard InChI is InChI=1S/C13H21N3.ClH/c1-16(10-12-4-7-14-8-5-12)11-13-3-2-6-15-9-13;/h4-5,7-8,13,15H,2-3,6,9-11H2,1H3;1H. The number of pyridine rings is 1. The summed E-state index contributed by atoms with van der Waals surface area (Å²) in [4.78, 5) is 6.45. The van der Waals surface area contributed by atoms with Crippen LogP contribution in [0.1, 0.15) is 18.4 Å². The monoisotopic (exact) mass is 255 g/mol. The number of halogens is 1. The van der Waals surface area contributed by atoms with Crippen LogP contribution in [-0.4, -0.2) is 36.6 Å². The smallest absolute Gasteiger partial charge is 0.0271 e. The Morgan fingerprint density at radius 1 is 1.41 bits per heavy atom. The molecule has 1 N–H and O–H groups in total. The zero-order valence-electron chi connectivity index (χ0n) is 10.4. The molecule has 2 heterocycles. The van der Waals surface area contributed by atoms with E-state index in [1.165, 1.54) is 38.0 Å². The Bertz CT molecular complexity index is 299. The van der Waals surface area contributed by atoms with Crippen LogP contribution < -0.4 is 5.32 Å². The third kappa shape index (κ3) is 5.02. The first-order valence-corrected chi connectivity index (χ1v) is 6.13. The Kier molecular flexibility index (Phi) is 6.48. The van der Waals surface area contributed by atoms with Crippen molar-refractivity contribution in [2.24, 2.45) is 5.92 Å². The van der Waals surface area contributed by atoms with Gasteiger partial charge in [0.1, 0.15) is 0 Å². The fourth-order valence-electron chi connectivity index (χ4n) is 2.39. The number of hydrogen-bond donors (Lipinski definition) is 1. The van der Waals surface area contributed by atoms with Crippen LogP contribution in [0.3, 0.4) is 0 Å². The summed E-state index contributed by atoms with van der Waals surface area (Å²) in [6.45, 7) is 4.60. The lowest BCUT2D eigenvalue weighted by molar-refractivity contribution is 0.237. The molecule has 1 atom stereocenters. The van der Waals surface area contributed by atoms with E-state index >= 15 is 0 Å². The fourth-order valence-corrected chi connectivity index (χ4v) is 2.39. The van der Waals surface area contributed by atoms with Crippen LogP contribution in [0.2, 0.25) is 0 Å². The Hall–Kier alpha value is -0.640. The van der Waals surface area contributed by atoms with Gasteiger partial charge in [-0.3, -0.25) is 4.98 Å². The molecule has 1 aromatic rings. The molecule has 0 bridgehead atoms. The van der Waals surface area contributed by atoms with Crippen molar-refractivity contribution in [1.82, 2.24) is 15.2 Å². The number of piperidine rings is 1. The SMILES string of the molecule is CN(Cc1ccncc1)CC1CCCNC1.Cl. The lowest BCUT2D eigenvalue weighted by Crippen LogP contribution is -2.36. The van der Waals surface area contributed by atoms with Gasteiger partial charge < -0.3 is 10.2 Å². The van der Waals surface area contributed by atoms with Crippen molar-refractivity contribution in [1.29, 1.82) is 0 Å². The van der Waals surface area contributed by atoms with Gasteiger partial charge in [-0.2, -0.15) is 0 Å². The van der Waals surface area contributed by atoms with E-state index in [1.54, 1.807) is 0 Å². The minimum Gasteiger partial charge on any atom is -0.316 e. The molecule has 1 aromatic heterocycles. The van der Waals surface area contributed by atoms with Gasteiger partial charge in [-0.1, -0.05) is 0 Å². The zero-order valence-corrected chi connectivity index (χ0v) is 11.2. The predicted octanol–water partition coefficient (Wildman–Crippen LogP) is 1.93. The van der Waals surface area contributed by atoms with Gasteiger partial charge in [0, 0.05) is 25.5 Å². The summed E-state index contributed by atoms with van der Waals surface area (Å²) in [7, 11) is 2.20. The summed E-state index contributed by atoms with van der Waals surface area (Å²) in [5.74, 6) is 0.820. The molecule has 0 aliphatic carbocycles. The van der Waals surface area contributed by atoms with Crippen molar-refractivity contribution >= 4 is 12.4 Å². The Balaban J connectivity index is 0.00000144. The van der Waals surface area contributed by atoms with Crippen molar-refractivity contribution in [3.8, 4) is 0 Å². The van der Waals surface area contributed by atoms with E-state index in [4.69, 9.17) is 0 Å². The van der Waals surface area contributed by atoms with Crippen LogP contribution in [0.5, 0.6) is 0 Å². The Labute approximate surface area is 110 Å². The molecule has 0 amide bonds. The fraction of sp³-hybridized carbons (Fsp3) is 0.615. The van der Waals surface area contributed by atoms with Crippen LogP contribution in [-0.2, 0) is 6.54 Å². The quantitative estimate of drug-likeness (QED) is 0.891. The summed E-state index contributed by atoms with van der Waals surface area (Å²) in [6.07, 6.45) is 6.43. The molecule has 96 valence electrons. The molecule has 1 aliphatic heterocycles. The van der Waals surface area contributed by atoms with E-state index in [1.807, 2.05) is 12.4 Å². The molecule has 3 nitrogen and oxygen atoms in total. The first kappa shape index (κ1) is 14.4. The average Bonchev–Trinajstić information content (AvgIpc) is 2.31. The zero-order chi connectivity index (χ0) is 11.2. The molecule has 0 aromatic carbocycles. The van der Waals surface area contributed by atoms with Crippen molar-refractivity contribution in [2.45, 2.75) is 19.4 Å². The van der Waals surface area contributed by atoms with Gasteiger partial charge in [-0.05, 0) is 56.6 Å². The van der Waals surface area contributed by atoms with E-state index in [0.717, 1.165) is 12.5 Å². The van der Waals surface area contributed by atoms with Crippen LogP contribution in [0.25, 0.3) is 0 Å². The molecule has 2 rings (SSSR count). The van der Waals surface area contributed by atoms with Crippen LogP contribution in [0, 0.1) is 5.92 Å². The van der Waals surface area contributed by atoms with Gasteiger partial charge in [0.25, 0.3) is 0 Å². The number of aromatic nitrogens is 1. The largest absolute Gasteiger partial charge is 0.316 e. The summed E-state index contributed by atoms with van der Waals surface area (Å²) in [6, 6.07) is 4.19. The van der Waals surface area contributed by atoms with E-state index in [0.29, 0.717) is 0 Å². The average molecular weight is 256 g/mol. The Morgan fingerprint density at radius 2 is 2.18 bits per heavy atom. The van der Waals surface area contributed by atoms with Gasteiger partial charge in [0.05, 0.1) is 0 Å². The van der Waals surface area contributed by atoms with E-state index in [-0.39, 0.29) is 12.4 Å². The molecule has 0 saturated carbocycles. The highest BCUT2D eigenvalue weighted by atomic mass is 35.5. The molecule has 1 aliphatic rings. The maximum absolute atomic E-state index is 4.04. The van der Waals surface area contributed by atoms with Crippen molar-refractivity contribution in [3.63, 3.8) is 0 Å². The molecule has 0 radical (unpaired) electrons. The maximum Gasteiger partial charge on any atom is 0.0271 e. The second kappa shape index (κ2) is 7.64. The van der Waals surface area contributed by atoms with E-state index < -0.39 is 0 Å². The second-order valence-electron chi connectivity index (χ2n) is 4.76. The summed E-state index contributed by atoms with van der Waals surface area (Å²) in [5.41, 5.74) is 1.35. The third-order valence-corrected chi connectivity index (χ3v) is 3.17. The molecule has 1 unspecified atom stereocenters. The highest BCUT2D eigenvalue weighted by Gasteiger charge is 2.14. The third-order valence-electron chi connectivity index (χ3n) is 3.17. The van der Waals surface area contributed by atoms with Crippen LogP contribution in [0.15, 0.2) is 24.5 Å². The molecular weight excluding hydrogens is 234 g/mol. The topological polar surface area (TPSA) is 28.2 Å². The first-order chi connectivity index (χ1) is 7.84. The lowest BCUT2D eigenvalue weighted by atomic mass is 9.99. The Morgan fingerprint density at radius 3 is 2.82 bits per heavy atom. The number of nitrogens with one attached hydrogen (secondary N) is 1.